The molecule has 1 aliphatic rings. The highest BCUT2D eigenvalue weighted by Gasteiger charge is 2.08. The molecule has 0 aromatic rings. The molecule has 0 spiro atoms. The van der Waals surface area contributed by atoms with E-state index in [-0.39, 0.29) is 0 Å². The summed E-state index contributed by atoms with van der Waals surface area (Å²) in [6, 6.07) is 0. The molecule has 1 aliphatic heterocycles. The van der Waals surface area contributed by atoms with Crippen LogP contribution in [0.4, 0.5) is 0 Å². The lowest BCUT2D eigenvalue weighted by Crippen LogP contribution is -2.55. The molecule has 4 heteroatoms. The smallest absolute Gasteiger partial charge is 0.0591 e. The van der Waals surface area contributed by atoms with Gasteiger partial charge in [0.1, 0.15) is 0 Å². The van der Waals surface area contributed by atoms with E-state index in [0.29, 0.717) is 6.17 Å². The third kappa shape index (κ3) is 4.01. The first-order valence-electron chi connectivity index (χ1n) is 4.81. The molecule has 1 saturated heterocycles. The predicted octanol–water partition coefficient (Wildman–Crippen LogP) is -0.600. The lowest BCUT2D eigenvalue weighted by Gasteiger charge is -2.25. The Kier molecular flexibility index (Phi) is 5.27. The van der Waals surface area contributed by atoms with Crippen LogP contribution in [0.2, 0.25) is 0 Å². The molecular formula is C8H20N4. The highest BCUT2D eigenvalue weighted by atomic mass is 15.3. The first kappa shape index (κ1) is 9.92. The van der Waals surface area contributed by atoms with Crippen LogP contribution in [-0.2, 0) is 0 Å². The molecule has 12 heavy (non-hydrogen) atoms. The molecule has 0 saturated carbocycles. The molecule has 0 amide bonds. The Balaban J connectivity index is 1.91. The molecule has 0 bridgehead atoms. The van der Waals surface area contributed by atoms with Crippen LogP contribution in [0.25, 0.3) is 0 Å². The first-order chi connectivity index (χ1) is 5.93. The lowest BCUT2D eigenvalue weighted by molar-refractivity contribution is 0.315. The second-order valence-electron chi connectivity index (χ2n) is 3.06. The van der Waals surface area contributed by atoms with Gasteiger partial charge in [0.15, 0.2) is 0 Å². The fourth-order valence-electron chi connectivity index (χ4n) is 1.34. The van der Waals surface area contributed by atoms with Gasteiger partial charge in [-0.15, -0.1) is 0 Å². The van der Waals surface area contributed by atoms with Crippen LogP contribution in [0.3, 0.4) is 0 Å². The van der Waals surface area contributed by atoms with Gasteiger partial charge in [0.25, 0.3) is 0 Å². The van der Waals surface area contributed by atoms with Crippen LogP contribution < -0.4 is 21.3 Å². The van der Waals surface area contributed by atoms with Gasteiger partial charge in [-0.05, 0) is 25.9 Å². The minimum absolute atomic E-state index is 0.505. The minimum atomic E-state index is 0.505. The van der Waals surface area contributed by atoms with Crippen LogP contribution in [0.1, 0.15) is 19.8 Å². The van der Waals surface area contributed by atoms with Crippen molar-refractivity contribution in [2.75, 3.05) is 26.4 Å². The van der Waals surface area contributed by atoms with Gasteiger partial charge in [0.2, 0.25) is 0 Å². The molecule has 0 aromatic carbocycles. The summed E-state index contributed by atoms with van der Waals surface area (Å²) in [5.74, 6) is 0. The van der Waals surface area contributed by atoms with Crippen molar-refractivity contribution < 1.29 is 0 Å². The van der Waals surface area contributed by atoms with E-state index in [2.05, 4.69) is 28.2 Å². The lowest BCUT2D eigenvalue weighted by atomic mass is 10.2. The SMILES string of the molecule is CCNCCCC1NCNCN1. The van der Waals surface area contributed by atoms with Gasteiger partial charge in [0.05, 0.1) is 6.17 Å². The maximum absolute atomic E-state index is 3.35. The van der Waals surface area contributed by atoms with Gasteiger partial charge in [-0.2, -0.15) is 0 Å². The largest absolute Gasteiger partial charge is 0.317 e. The molecule has 0 radical (unpaired) electrons. The van der Waals surface area contributed by atoms with E-state index >= 15 is 0 Å². The monoisotopic (exact) mass is 172 g/mol. The highest BCUT2D eigenvalue weighted by Crippen LogP contribution is 1.93. The Morgan fingerprint density at radius 1 is 1.33 bits per heavy atom. The van der Waals surface area contributed by atoms with Crippen molar-refractivity contribution in [1.29, 1.82) is 0 Å². The first-order valence-corrected chi connectivity index (χ1v) is 4.81. The summed E-state index contributed by atoms with van der Waals surface area (Å²) in [5, 5.41) is 13.2. The third-order valence-electron chi connectivity index (χ3n) is 2.04. The normalized spacial score (nSPS) is 19.8. The summed E-state index contributed by atoms with van der Waals surface area (Å²) < 4.78 is 0. The standard InChI is InChI=1S/C8H20N4/c1-2-9-5-3-4-8-11-6-10-7-12-8/h8-12H,2-7H2,1H3. The number of nitrogens with one attached hydrogen (secondary N) is 4. The predicted molar refractivity (Wildman–Crippen MR) is 50.7 cm³/mol. The van der Waals surface area contributed by atoms with Gasteiger partial charge in [-0.3, -0.25) is 16.0 Å². The Bertz CT molecular complexity index is 101. The molecule has 0 aromatic heterocycles. The van der Waals surface area contributed by atoms with Gasteiger partial charge >= 0.3 is 0 Å². The van der Waals surface area contributed by atoms with Crippen LogP contribution in [0, 0.1) is 0 Å². The van der Waals surface area contributed by atoms with Crippen molar-refractivity contribution in [3.8, 4) is 0 Å². The summed E-state index contributed by atoms with van der Waals surface area (Å²) in [4.78, 5) is 0. The van der Waals surface area contributed by atoms with Crippen LogP contribution in [0.15, 0.2) is 0 Å². The van der Waals surface area contributed by atoms with Crippen molar-refractivity contribution in [3.63, 3.8) is 0 Å². The molecular weight excluding hydrogens is 152 g/mol. The Labute approximate surface area is 74.5 Å². The second kappa shape index (κ2) is 6.37. The van der Waals surface area contributed by atoms with Crippen molar-refractivity contribution >= 4 is 0 Å². The molecule has 0 unspecified atom stereocenters. The molecule has 0 atom stereocenters. The van der Waals surface area contributed by atoms with Crippen LogP contribution >= 0.6 is 0 Å². The summed E-state index contributed by atoms with van der Waals surface area (Å²) in [5.41, 5.74) is 0. The van der Waals surface area contributed by atoms with Crippen LogP contribution in [0.5, 0.6) is 0 Å². The second-order valence-corrected chi connectivity index (χ2v) is 3.06. The average Bonchev–Trinajstić information content (AvgIpc) is 2.14. The van der Waals surface area contributed by atoms with Gasteiger partial charge in [0, 0.05) is 13.3 Å². The van der Waals surface area contributed by atoms with Crippen molar-refractivity contribution in [3.05, 3.63) is 0 Å². The van der Waals surface area contributed by atoms with Crippen molar-refractivity contribution in [1.82, 2.24) is 21.3 Å². The Morgan fingerprint density at radius 2 is 2.08 bits per heavy atom. The zero-order valence-electron chi connectivity index (χ0n) is 7.82. The van der Waals surface area contributed by atoms with E-state index in [4.69, 9.17) is 0 Å². The molecule has 0 aliphatic carbocycles. The van der Waals surface area contributed by atoms with Crippen molar-refractivity contribution in [2.24, 2.45) is 0 Å². The van der Waals surface area contributed by atoms with E-state index in [1.165, 1.54) is 12.8 Å². The van der Waals surface area contributed by atoms with Gasteiger partial charge in [-0.1, -0.05) is 6.92 Å². The fourth-order valence-corrected chi connectivity index (χ4v) is 1.34. The van der Waals surface area contributed by atoms with E-state index < -0.39 is 0 Å². The quantitative estimate of drug-likeness (QED) is 0.418. The fraction of sp³-hybridized carbons (Fsp3) is 1.00. The summed E-state index contributed by atoms with van der Waals surface area (Å²) in [7, 11) is 0. The molecule has 1 rings (SSSR count). The molecule has 1 heterocycles. The Hall–Kier alpha value is -0.160. The third-order valence-corrected chi connectivity index (χ3v) is 2.04. The van der Waals surface area contributed by atoms with E-state index in [1.54, 1.807) is 0 Å². The summed E-state index contributed by atoms with van der Waals surface area (Å²) >= 11 is 0. The molecule has 72 valence electrons. The summed E-state index contributed by atoms with van der Waals surface area (Å²) in [6.07, 6.45) is 2.94. The zero-order valence-corrected chi connectivity index (χ0v) is 7.82. The number of hydrogen-bond donors (Lipinski definition) is 4. The van der Waals surface area contributed by atoms with Crippen molar-refractivity contribution in [2.45, 2.75) is 25.9 Å². The maximum atomic E-state index is 3.35. The van der Waals surface area contributed by atoms with E-state index in [0.717, 1.165) is 26.4 Å². The zero-order chi connectivity index (χ0) is 8.65. The van der Waals surface area contributed by atoms with Gasteiger partial charge in [-0.25, -0.2) is 0 Å². The molecule has 1 fully saturated rings. The molecule has 4 nitrogen and oxygen atoms in total. The average molecular weight is 172 g/mol. The number of rotatable bonds is 5. The molecule has 4 N–H and O–H groups in total. The number of hydrogen-bond acceptors (Lipinski definition) is 4. The topological polar surface area (TPSA) is 48.1 Å². The maximum Gasteiger partial charge on any atom is 0.0591 e. The van der Waals surface area contributed by atoms with E-state index in [1.807, 2.05) is 0 Å². The summed E-state index contributed by atoms with van der Waals surface area (Å²) in [6.45, 7) is 6.20. The van der Waals surface area contributed by atoms with E-state index in [9.17, 15) is 0 Å². The van der Waals surface area contributed by atoms with Crippen LogP contribution in [-0.4, -0.2) is 32.6 Å². The minimum Gasteiger partial charge on any atom is -0.317 e. The highest BCUT2D eigenvalue weighted by molar-refractivity contribution is 4.67. The Morgan fingerprint density at radius 3 is 2.75 bits per heavy atom. The van der Waals surface area contributed by atoms with Gasteiger partial charge < -0.3 is 5.32 Å².